The molecule has 0 aliphatic carbocycles. The molecule has 2 N–H and O–H groups in total. The van der Waals surface area contributed by atoms with Crippen LogP contribution in [0.2, 0.25) is 5.02 Å². The molecule has 0 saturated carbocycles. The van der Waals surface area contributed by atoms with Gasteiger partial charge in [0.2, 0.25) is 10.0 Å². The van der Waals surface area contributed by atoms with Gasteiger partial charge in [-0.25, -0.2) is 13.6 Å². The highest BCUT2D eigenvalue weighted by atomic mass is 35.5. The molecular weight excluding hydrogens is 386 g/mol. The number of hydrogen-bond donors (Lipinski definition) is 1. The minimum absolute atomic E-state index is 0.0666. The summed E-state index contributed by atoms with van der Waals surface area (Å²) in [6, 6.07) is 12.5. The molecule has 0 amide bonds. The van der Waals surface area contributed by atoms with E-state index >= 15 is 0 Å². The zero-order valence-corrected chi connectivity index (χ0v) is 15.8. The van der Waals surface area contributed by atoms with Crippen molar-refractivity contribution in [2.24, 2.45) is 10.1 Å². The van der Waals surface area contributed by atoms with Crippen molar-refractivity contribution in [3.05, 3.63) is 64.3 Å². The van der Waals surface area contributed by atoms with E-state index in [1.54, 1.807) is 6.07 Å². The molecule has 1 aliphatic rings. The number of benzene rings is 2. The van der Waals surface area contributed by atoms with Gasteiger partial charge in [-0.1, -0.05) is 29.8 Å². The van der Waals surface area contributed by atoms with Gasteiger partial charge in [0.05, 0.1) is 10.5 Å². The van der Waals surface area contributed by atoms with Crippen molar-refractivity contribution in [3.63, 3.8) is 0 Å². The summed E-state index contributed by atoms with van der Waals surface area (Å²) in [6.07, 6.45) is 1.92. The van der Waals surface area contributed by atoms with Crippen LogP contribution >= 0.6 is 11.6 Å². The summed E-state index contributed by atoms with van der Waals surface area (Å²) >= 11 is 6.02. The molecule has 27 heavy (non-hydrogen) atoms. The molecule has 0 bridgehead atoms. The highest BCUT2D eigenvalue weighted by molar-refractivity contribution is 7.89. The lowest BCUT2D eigenvalue weighted by Crippen LogP contribution is -2.23. The molecule has 8 heteroatoms. The smallest absolute Gasteiger partial charge is 0.239 e. The van der Waals surface area contributed by atoms with Gasteiger partial charge in [0, 0.05) is 36.0 Å². The number of carbonyl (C=O) groups is 1. The fourth-order valence-corrected chi connectivity index (χ4v) is 4.67. The van der Waals surface area contributed by atoms with Crippen LogP contribution in [0.3, 0.4) is 0 Å². The van der Waals surface area contributed by atoms with Crippen LogP contribution in [-0.2, 0) is 27.7 Å². The maximum Gasteiger partial charge on any atom is 0.239 e. The van der Waals surface area contributed by atoms with E-state index in [0.29, 0.717) is 30.8 Å². The predicted molar refractivity (Wildman–Crippen MR) is 105 cm³/mol. The SMILES string of the molecule is NS(=O)(=O)c1cc(C2=NCCc3c(CC=O)c4ccccc4n32)ccc1Cl. The van der Waals surface area contributed by atoms with Crippen molar-refractivity contribution in [2.45, 2.75) is 17.7 Å². The standard InChI is InChI=1S/C19H16ClN3O3S/c20-15-6-5-12(11-18(15)27(21,25)26)19-22-9-7-17-14(8-10-24)13-3-1-2-4-16(13)23(17)19/h1-6,10-11H,7-9H2,(H2,21,25,26). The average molecular weight is 402 g/mol. The number of aliphatic imine (C=N–C) groups is 1. The Morgan fingerprint density at radius 3 is 2.74 bits per heavy atom. The molecule has 1 aliphatic heterocycles. The molecule has 2 heterocycles. The molecule has 138 valence electrons. The van der Waals surface area contributed by atoms with Crippen molar-refractivity contribution < 1.29 is 13.2 Å². The number of fused-ring (bicyclic) bond motifs is 3. The number of halogens is 1. The molecule has 0 spiro atoms. The number of nitrogens with zero attached hydrogens (tertiary/aromatic N) is 2. The summed E-state index contributed by atoms with van der Waals surface area (Å²) in [6.45, 7) is 0.546. The summed E-state index contributed by atoms with van der Waals surface area (Å²) in [5, 5.41) is 6.35. The molecule has 0 radical (unpaired) electrons. The fraction of sp³-hybridized carbons (Fsp3) is 0.158. The Labute approximate surface area is 161 Å². The van der Waals surface area contributed by atoms with E-state index in [1.165, 1.54) is 12.1 Å². The van der Waals surface area contributed by atoms with E-state index in [9.17, 15) is 13.2 Å². The largest absolute Gasteiger partial charge is 0.303 e. The molecule has 2 aromatic carbocycles. The fourth-order valence-electron chi connectivity index (χ4n) is 3.59. The van der Waals surface area contributed by atoms with Gasteiger partial charge in [-0.2, -0.15) is 0 Å². The van der Waals surface area contributed by atoms with Crippen LogP contribution in [0.25, 0.3) is 10.9 Å². The average Bonchev–Trinajstić information content (AvgIpc) is 2.96. The van der Waals surface area contributed by atoms with E-state index in [2.05, 4.69) is 4.99 Å². The molecule has 4 rings (SSSR count). The van der Waals surface area contributed by atoms with Crippen molar-refractivity contribution in [1.29, 1.82) is 0 Å². The lowest BCUT2D eigenvalue weighted by Gasteiger charge is -2.19. The predicted octanol–water partition coefficient (Wildman–Crippen LogP) is 2.53. The van der Waals surface area contributed by atoms with Gasteiger partial charge >= 0.3 is 0 Å². The molecule has 0 unspecified atom stereocenters. The third kappa shape index (κ3) is 2.97. The maximum atomic E-state index is 11.8. The van der Waals surface area contributed by atoms with Crippen LogP contribution in [0.4, 0.5) is 0 Å². The quantitative estimate of drug-likeness (QED) is 0.680. The summed E-state index contributed by atoms with van der Waals surface area (Å²) < 4.78 is 25.7. The highest BCUT2D eigenvalue weighted by Gasteiger charge is 2.24. The first-order valence-electron chi connectivity index (χ1n) is 8.34. The number of nitrogens with two attached hydrogens (primary N) is 1. The van der Waals surface area contributed by atoms with Crippen molar-refractivity contribution >= 4 is 44.6 Å². The van der Waals surface area contributed by atoms with E-state index in [-0.39, 0.29) is 9.92 Å². The zero-order valence-electron chi connectivity index (χ0n) is 14.2. The first-order chi connectivity index (χ1) is 12.9. The minimum atomic E-state index is -3.96. The Morgan fingerprint density at radius 2 is 2.00 bits per heavy atom. The van der Waals surface area contributed by atoms with E-state index in [1.807, 2.05) is 28.8 Å². The second-order valence-electron chi connectivity index (χ2n) is 6.29. The van der Waals surface area contributed by atoms with Gasteiger partial charge in [-0.05, 0) is 29.8 Å². The summed E-state index contributed by atoms with van der Waals surface area (Å²) in [4.78, 5) is 15.7. The second kappa shape index (κ2) is 6.60. The first-order valence-corrected chi connectivity index (χ1v) is 10.3. The van der Waals surface area contributed by atoms with Crippen LogP contribution in [0.5, 0.6) is 0 Å². The van der Waals surface area contributed by atoms with E-state index in [0.717, 1.165) is 28.4 Å². The van der Waals surface area contributed by atoms with Crippen LogP contribution in [-0.4, -0.2) is 31.7 Å². The van der Waals surface area contributed by atoms with Crippen LogP contribution < -0.4 is 5.14 Å². The molecule has 0 atom stereocenters. The highest BCUT2D eigenvalue weighted by Crippen LogP contribution is 2.31. The zero-order chi connectivity index (χ0) is 19.2. The van der Waals surface area contributed by atoms with Crippen molar-refractivity contribution in [1.82, 2.24) is 4.57 Å². The molecule has 0 saturated heterocycles. The molecule has 0 fully saturated rings. The summed E-state index contributed by atoms with van der Waals surface area (Å²) in [5.74, 6) is 0.617. The third-order valence-electron chi connectivity index (χ3n) is 4.69. The van der Waals surface area contributed by atoms with Gasteiger partial charge in [0.1, 0.15) is 17.0 Å². The van der Waals surface area contributed by atoms with Gasteiger partial charge in [-0.3, -0.25) is 9.56 Å². The number of para-hydroxylation sites is 1. The van der Waals surface area contributed by atoms with Gasteiger partial charge in [-0.15, -0.1) is 0 Å². The molecule has 3 aromatic rings. The molecular formula is C19H16ClN3O3S. The van der Waals surface area contributed by atoms with Gasteiger partial charge in [0.15, 0.2) is 0 Å². The minimum Gasteiger partial charge on any atom is -0.303 e. The van der Waals surface area contributed by atoms with Gasteiger partial charge in [0.25, 0.3) is 0 Å². The number of aldehydes is 1. The number of hydrogen-bond acceptors (Lipinski definition) is 4. The number of carbonyl (C=O) groups excluding carboxylic acids is 1. The monoisotopic (exact) mass is 401 g/mol. The number of aromatic nitrogens is 1. The van der Waals surface area contributed by atoms with E-state index in [4.69, 9.17) is 16.7 Å². The van der Waals surface area contributed by atoms with Crippen molar-refractivity contribution in [3.8, 4) is 0 Å². The number of rotatable bonds is 4. The summed E-state index contributed by atoms with van der Waals surface area (Å²) in [7, 11) is -3.96. The molecule has 6 nitrogen and oxygen atoms in total. The Balaban J connectivity index is 1.98. The Kier molecular flexibility index (Phi) is 4.38. The maximum absolute atomic E-state index is 11.8. The van der Waals surface area contributed by atoms with Crippen LogP contribution in [0.1, 0.15) is 16.8 Å². The second-order valence-corrected chi connectivity index (χ2v) is 8.23. The Bertz CT molecular complexity index is 1210. The Hall–Kier alpha value is -2.48. The lowest BCUT2D eigenvalue weighted by molar-refractivity contribution is -0.107. The number of primary sulfonamides is 1. The van der Waals surface area contributed by atoms with Crippen molar-refractivity contribution in [2.75, 3.05) is 6.54 Å². The van der Waals surface area contributed by atoms with Crippen LogP contribution in [0.15, 0.2) is 52.4 Å². The number of sulfonamides is 1. The van der Waals surface area contributed by atoms with E-state index < -0.39 is 10.0 Å². The van der Waals surface area contributed by atoms with Crippen LogP contribution in [0, 0.1) is 0 Å². The Morgan fingerprint density at radius 1 is 1.22 bits per heavy atom. The lowest BCUT2D eigenvalue weighted by atomic mass is 10.1. The summed E-state index contributed by atoms with van der Waals surface area (Å²) in [5.41, 5.74) is 3.52. The molecule has 1 aromatic heterocycles. The van der Waals surface area contributed by atoms with Gasteiger partial charge < -0.3 is 4.79 Å². The third-order valence-corrected chi connectivity index (χ3v) is 6.09. The normalized spacial score (nSPS) is 14.1. The first kappa shape index (κ1) is 17.9. The topological polar surface area (TPSA) is 94.5 Å².